The number of carboxylic acids is 1. The molecular formula is C23H17ClFN3O5S. The maximum atomic E-state index is 14.1. The summed E-state index contributed by atoms with van der Waals surface area (Å²) in [6, 6.07) is 9.80. The number of aryl methyl sites for hydroxylation is 1. The molecular weight excluding hydrogens is 485 g/mol. The number of carboxylic acid groups (broad SMARTS) is 1. The van der Waals surface area contributed by atoms with Crippen LogP contribution in [-0.4, -0.2) is 26.5 Å². The summed E-state index contributed by atoms with van der Waals surface area (Å²) in [7, 11) is 0. The average molecular weight is 502 g/mol. The number of fused-ring (bicyclic) bond motifs is 1. The molecule has 0 aliphatic carbocycles. The number of H-pyrrole nitrogens is 1. The van der Waals surface area contributed by atoms with Crippen LogP contribution >= 0.6 is 22.9 Å². The molecule has 8 nitrogen and oxygen atoms in total. The second kappa shape index (κ2) is 9.24. The summed E-state index contributed by atoms with van der Waals surface area (Å²) < 4.78 is 15.3. The second-order valence-electron chi connectivity index (χ2n) is 7.35. The highest BCUT2D eigenvalue weighted by Crippen LogP contribution is 2.27. The highest BCUT2D eigenvalue weighted by Gasteiger charge is 2.24. The van der Waals surface area contributed by atoms with Crippen molar-refractivity contribution in [3.63, 3.8) is 0 Å². The summed E-state index contributed by atoms with van der Waals surface area (Å²) in [6.45, 7) is 1.75. The fourth-order valence-corrected chi connectivity index (χ4v) is 4.61. The predicted molar refractivity (Wildman–Crippen MR) is 127 cm³/mol. The topological polar surface area (TPSA) is 121 Å². The minimum atomic E-state index is -1.29. The van der Waals surface area contributed by atoms with Gasteiger partial charge in [-0.25, -0.2) is 18.5 Å². The first-order valence-corrected chi connectivity index (χ1v) is 11.3. The van der Waals surface area contributed by atoms with E-state index in [-0.39, 0.29) is 22.2 Å². The van der Waals surface area contributed by atoms with Gasteiger partial charge in [-0.05, 0) is 60.5 Å². The number of rotatable bonds is 6. The zero-order valence-electron chi connectivity index (χ0n) is 17.6. The van der Waals surface area contributed by atoms with Crippen molar-refractivity contribution >= 4 is 45.7 Å². The Bertz CT molecular complexity index is 1540. The Balaban J connectivity index is 1.66. The van der Waals surface area contributed by atoms with E-state index in [0.717, 1.165) is 22.0 Å². The van der Waals surface area contributed by atoms with Crippen LogP contribution in [0.3, 0.4) is 0 Å². The number of carbonyl (C=O) groups is 2. The van der Waals surface area contributed by atoms with Gasteiger partial charge >= 0.3 is 11.7 Å². The number of hydrogen-bond donors (Lipinski definition) is 3. The fraction of sp³-hybridized carbons (Fsp3) is 0.130. The van der Waals surface area contributed by atoms with Crippen molar-refractivity contribution in [2.24, 2.45) is 0 Å². The molecule has 11 heteroatoms. The predicted octanol–water partition coefficient (Wildman–Crippen LogP) is 3.65. The Kier molecular flexibility index (Phi) is 6.36. The molecule has 174 valence electrons. The van der Waals surface area contributed by atoms with Crippen LogP contribution in [0.1, 0.15) is 33.8 Å². The first kappa shape index (κ1) is 23.4. The van der Waals surface area contributed by atoms with Crippen molar-refractivity contribution in [2.45, 2.75) is 19.4 Å². The van der Waals surface area contributed by atoms with Crippen molar-refractivity contribution in [1.82, 2.24) is 14.9 Å². The van der Waals surface area contributed by atoms with Gasteiger partial charge in [-0.15, -0.1) is 11.3 Å². The molecule has 34 heavy (non-hydrogen) atoms. The molecule has 1 unspecified atom stereocenters. The van der Waals surface area contributed by atoms with Gasteiger partial charge in [-0.3, -0.25) is 9.59 Å². The van der Waals surface area contributed by atoms with E-state index >= 15 is 0 Å². The van der Waals surface area contributed by atoms with Crippen LogP contribution in [0.25, 0.3) is 16.6 Å². The van der Waals surface area contributed by atoms with E-state index in [0.29, 0.717) is 21.2 Å². The summed E-state index contributed by atoms with van der Waals surface area (Å²) in [5, 5.41) is 12.1. The second-order valence-corrected chi connectivity index (χ2v) is 9.09. The van der Waals surface area contributed by atoms with E-state index in [4.69, 9.17) is 11.6 Å². The summed E-state index contributed by atoms with van der Waals surface area (Å²) in [4.78, 5) is 52.6. The van der Waals surface area contributed by atoms with Crippen molar-refractivity contribution in [3.05, 3.63) is 95.5 Å². The Morgan fingerprint density at radius 1 is 1.18 bits per heavy atom. The number of nitrogens with one attached hydrogen (secondary N) is 2. The van der Waals surface area contributed by atoms with E-state index in [1.54, 1.807) is 6.92 Å². The minimum absolute atomic E-state index is 0.0883. The van der Waals surface area contributed by atoms with E-state index in [9.17, 15) is 28.7 Å². The zero-order chi connectivity index (χ0) is 24.6. The third kappa shape index (κ3) is 4.37. The van der Waals surface area contributed by atoms with Gasteiger partial charge in [0.2, 0.25) is 0 Å². The lowest BCUT2D eigenvalue weighted by Gasteiger charge is -2.13. The molecule has 3 N–H and O–H groups in total. The quantitative estimate of drug-likeness (QED) is 0.372. The Labute approximate surface area is 200 Å². The molecule has 0 fully saturated rings. The van der Waals surface area contributed by atoms with Crippen molar-refractivity contribution in [1.29, 1.82) is 0 Å². The van der Waals surface area contributed by atoms with E-state index in [1.807, 2.05) is 0 Å². The van der Waals surface area contributed by atoms with Gasteiger partial charge in [0.25, 0.3) is 11.5 Å². The SMILES string of the molecule is CCc1cc2c(=O)n(-c3ccc(C(=O)NC(C(=O)O)c4ccc(Cl)s4)cc3)c(=O)[nH]c2cc1F. The van der Waals surface area contributed by atoms with Crippen LogP contribution < -0.4 is 16.6 Å². The Hall–Kier alpha value is -3.76. The largest absolute Gasteiger partial charge is 0.479 e. The lowest BCUT2D eigenvalue weighted by molar-refractivity contribution is -0.139. The van der Waals surface area contributed by atoms with Crippen molar-refractivity contribution in [3.8, 4) is 5.69 Å². The smallest absolute Gasteiger partial charge is 0.333 e. The monoisotopic (exact) mass is 501 g/mol. The van der Waals surface area contributed by atoms with Gasteiger partial charge in [-0.2, -0.15) is 0 Å². The molecule has 4 aromatic rings. The number of thiophene rings is 1. The van der Waals surface area contributed by atoms with Gasteiger partial charge in [0.05, 0.1) is 20.9 Å². The molecule has 1 atom stereocenters. The lowest BCUT2D eigenvalue weighted by Crippen LogP contribution is -2.34. The number of amides is 1. The molecule has 0 saturated heterocycles. The van der Waals surface area contributed by atoms with Gasteiger partial charge in [0.15, 0.2) is 6.04 Å². The Morgan fingerprint density at radius 2 is 1.88 bits per heavy atom. The molecule has 1 amide bonds. The van der Waals surface area contributed by atoms with Gasteiger partial charge in [0, 0.05) is 10.4 Å². The highest BCUT2D eigenvalue weighted by atomic mass is 35.5. The normalized spacial score (nSPS) is 12.0. The number of halogens is 2. The van der Waals surface area contributed by atoms with Crippen LogP contribution in [-0.2, 0) is 11.2 Å². The first-order chi connectivity index (χ1) is 16.2. The van der Waals surface area contributed by atoms with Crippen LogP contribution in [0.2, 0.25) is 4.34 Å². The molecule has 4 rings (SSSR count). The van der Waals surface area contributed by atoms with Crippen LogP contribution in [0.5, 0.6) is 0 Å². The van der Waals surface area contributed by atoms with Gasteiger partial charge in [-0.1, -0.05) is 18.5 Å². The summed E-state index contributed by atoms with van der Waals surface area (Å²) >= 11 is 6.90. The molecule has 0 aliphatic heterocycles. The summed E-state index contributed by atoms with van der Waals surface area (Å²) in [5.41, 5.74) is -0.657. The Morgan fingerprint density at radius 3 is 2.47 bits per heavy atom. The van der Waals surface area contributed by atoms with Gasteiger partial charge < -0.3 is 15.4 Å². The number of aromatic amines is 1. The first-order valence-electron chi connectivity index (χ1n) is 10.1. The number of aromatic nitrogens is 2. The molecule has 0 spiro atoms. The van der Waals surface area contributed by atoms with Crippen molar-refractivity contribution in [2.75, 3.05) is 0 Å². The van der Waals surface area contributed by atoms with E-state index in [1.165, 1.54) is 42.5 Å². The zero-order valence-corrected chi connectivity index (χ0v) is 19.2. The highest BCUT2D eigenvalue weighted by molar-refractivity contribution is 7.16. The van der Waals surface area contributed by atoms with E-state index < -0.39 is 35.0 Å². The molecule has 0 radical (unpaired) electrons. The summed E-state index contributed by atoms with van der Waals surface area (Å²) in [6.07, 6.45) is 0.374. The van der Waals surface area contributed by atoms with Gasteiger partial charge in [0.1, 0.15) is 5.82 Å². The molecule has 0 saturated carbocycles. The molecule has 0 bridgehead atoms. The third-order valence-electron chi connectivity index (χ3n) is 5.23. The number of benzene rings is 2. The molecule has 2 aromatic carbocycles. The number of aliphatic carboxylic acids is 1. The molecule has 2 heterocycles. The van der Waals surface area contributed by atoms with Crippen LogP contribution in [0.4, 0.5) is 4.39 Å². The minimum Gasteiger partial charge on any atom is -0.479 e. The fourth-order valence-electron chi connectivity index (χ4n) is 3.50. The summed E-state index contributed by atoms with van der Waals surface area (Å²) in [5.74, 6) is -2.42. The maximum absolute atomic E-state index is 14.1. The number of nitrogens with zero attached hydrogens (tertiary/aromatic N) is 1. The van der Waals surface area contributed by atoms with E-state index in [2.05, 4.69) is 10.3 Å². The van der Waals surface area contributed by atoms with Crippen LogP contribution in [0.15, 0.2) is 58.1 Å². The number of carbonyl (C=O) groups excluding carboxylic acids is 1. The standard InChI is InChI=1S/C23H17ClFN3O5S/c1-2-11-9-14-16(10-15(11)25)26-23(33)28(21(14)30)13-5-3-12(4-6-13)20(29)27-19(22(31)32)17-7-8-18(24)34-17/h3-10,19H,2H2,1H3,(H,26,33)(H,27,29)(H,31,32). The van der Waals surface area contributed by atoms with Crippen molar-refractivity contribution < 1.29 is 19.1 Å². The third-order valence-corrected chi connectivity index (χ3v) is 6.53. The molecule has 0 aliphatic rings. The average Bonchev–Trinajstić information content (AvgIpc) is 3.23. The van der Waals surface area contributed by atoms with Crippen LogP contribution in [0, 0.1) is 5.82 Å². The maximum Gasteiger partial charge on any atom is 0.333 e. The number of hydrogen-bond acceptors (Lipinski definition) is 5. The molecule has 2 aromatic heterocycles. The lowest BCUT2D eigenvalue weighted by atomic mass is 10.1.